The van der Waals surface area contributed by atoms with Gasteiger partial charge < -0.3 is 5.32 Å². The summed E-state index contributed by atoms with van der Waals surface area (Å²) >= 11 is 12.1. The van der Waals surface area contributed by atoms with Crippen LogP contribution in [0.4, 0.5) is 0 Å². The van der Waals surface area contributed by atoms with Crippen molar-refractivity contribution in [2.45, 2.75) is 25.4 Å². The first-order chi connectivity index (χ1) is 8.39. The number of nitrogens with one attached hydrogen (secondary N) is 1. The van der Waals surface area contributed by atoms with Crippen molar-refractivity contribution in [3.63, 3.8) is 0 Å². The third-order valence-electron chi connectivity index (χ3n) is 3.17. The Bertz CT molecular complexity index is 545. The van der Waals surface area contributed by atoms with E-state index in [1.165, 1.54) is 0 Å². The van der Waals surface area contributed by atoms with Crippen LogP contribution in [0.2, 0.25) is 10.0 Å². The van der Waals surface area contributed by atoms with E-state index in [0.29, 0.717) is 16.5 Å². The van der Waals surface area contributed by atoms with E-state index in [9.17, 15) is 8.42 Å². The van der Waals surface area contributed by atoms with Crippen LogP contribution in [-0.2, 0) is 9.84 Å². The highest BCUT2D eigenvalue weighted by Crippen LogP contribution is 2.30. The van der Waals surface area contributed by atoms with Crippen molar-refractivity contribution in [1.29, 1.82) is 0 Å². The largest absolute Gasteiger partial charge is 0.306 e. The van der Waals surface area contributed by atoms with Gasteiger partial charge in [0.15, 0.2) is 9.84 Å². The molecule has 0 bridgehead atoms. The third-order valence-corrected chi connectivity index (χ3v) is 5.77. The van der Waals surface area contributed by atoms with Crippen LogP contribution in [0.5, 0.6) is 0 Å². The van der Waals surface area contributed by atoms with Crippen LogP contribution in [0.25, 0.3) is 0 Å². The Hall–Kier alpha value is -0.290. The summed E-state index contributed by atoms with van der Waals surface area (Å²) in [7, 11) is -2.86. The van der Waals surface area contributed by atoms with Crippen LogP contribution in [0, 0.1) is 0 Å². The van der Waals surface area contributed by atoms with Crippen LogP contribution >= 0.6 is 23.2 Å². The van der Waals surface area contributed by atoms with E-state index < -0.39 is 9.84 Å². The van der Waals surface area contributed by atoms with Gasteiger partial charge in [0, 0.05) is 12.1 Å². The number of halogens is 2. The molecule has 1 aromatic carbocycles. The molecule has 1 fully saturated rings. The molecule has 6 heteroatoms. The second kappa shape index (κ2) is 5.37. The summed E-state index contributed by atoms with van der Waals surface area (Å²) in [6, 6.07) is 5.46. The summed E-state index contributed by atoms with van der Waals surface area (Å²) in [5.74, 6) is 0.468. The smallest absolute Gasteiger partial charge is 0.151 e. The van der Waals surface area contributed by atoms with Gasteiger partial charge in [-0.25, -0.2) is 8.42 Å². The maximum Gasteiger partial charge on any atom is 0.151 e. The van der Waals surface area contributed by atoms with Crippen LogP contribution < -0.4 is 5.32 Å². The summed E-state index contributed by atoms with van der Waals surface area (Å²) in [5.41, 5.74) is 0.897. The number of hydrogen-bond donors (Lipinski definition) is 1. The average Bonchev–Trinajstić information content (AvgIpc) is 2.62. The van der Waals surface area contributed by atoms with Gasteiger partial charge in [0.25, 0.3) is 0 Å². The quantitative estimate of drug-likeness (QED) is 0.934. The zero-order valence-corrected chi connectivity index (χ0v) is 12.3. The molecule has 100 valence electrons. The molecule has 1 heterocycles. The molecule has 1 N–H and O–H groups in total. The standard InChI is InChI=1S/C12H15Cl2NO2S/c1-8(10-3-2-4-11(13)12(10)14)15-9-5-6-18(16,17)7-9/h2-4,8-9,15H,5-7H2,1H3. The average molecular weight is 308 g/mol. The Morgan fingerprint density at radius 1 is 1.39 bits per heavy atom. The van der Waals surface area contributed by atoms with Crippen LogP contribution in [0.15, 0.2) is 18.2 Å². The molecule has 0 amide bonds. The minimum Gasteiger partial charge on any atom is -0.306 e. The summed E-state index contributed by atoms with van der Waals surface area (Å²) in [5, 5.41) is 4.34. The minimum atomic E-state index is -2.86. The molecule has 2 unspecified atom stereocenters. The van der Waals surface area contributed by atoms with Crippen LogP contribution in [-0.4, -0.2) is 26.0 Å². The predicted molar refractivity (Wildman–Crippen MR) is 75.1 cm³/mol. The Morgan fingerprint density at radius 3 is 2.72 bits per heavy atom. The highest BCUT2D eigenvalue weighted by Gasteiger charge is 2.29. The maximum absolute atomic E-state index is 11.4. The van der Waals surface area contributed by atoms with Gasteiger partial charge in [-0.05, 0) is 25.0 Å². The molecular formula is C12H15Cl2NO2S. The number of sulfone groups is 1. The van der Waals surface area contributed by atoms with E-state index in [2.05, 4.69) is 5.32 Å². The van der Waals surface area contributed by atoms with Crippen molar-refractivity contribution in [3.8, 4) is 0 Å². The Kier molecular flexibility index (Phi) is 4.22. The Labute approximate surface area is 117 Å². The van der Waals surface area contributed by atoms with Gasteiger partial charge in [-0.3, -0.25) is 0 Å². The van der Waals surface area contributed by atoms with Crippen molar-refractivity contribution < 1.29 is 8.42 Å². The molecule has 1 aliphatic rings. The maximum atomic E-state index is 11.4. The fourth-order valence-electron chi connectivity index (χ4n) is 2.22. The molecule has 3 nitrogen and oxygen atoms in total. The SMILES string of the molecule is CC(NC1CCS(=O)(=O)C1)c1cccc(Cl)c1Cl. The van der Waals surface area contributed by atoms with Gasteiger partial charge in [-0.2, -0.15) is 0 Å². The lowest BCUT2D eigenvalue weighted by molar-refractivity contribution is 0.485. The fourth-order valence-corrected chi connectivity index (χ4v) is 4.38. The van der Waals surface area contributed by atoms with E-state index in [1.807, 2.05) is 19.1 Å². The zero-order valence-electron chi connectivity index (χ0n) is 9.99. The van der Waals surface area contributed by atoms with E-state index in [1.54, 1.807) is 6.07 Å². The molecule has 2 atom stereocenters. The van der Waals surface area contributed by atoms with Gasteiger partial charge in [-0.1, -0.05) is 35.3 Å². The number of benzene rings is 1. The molecule has 2 rings (SSSR count). The van der Waals surface area contributed by atoms with E-state index in [0.717, 1.165) is 5.56 Å². The molecule has 1 saturated heterocycles. The first-order valence-electron chi connectivity index (χ1n) is 5.79. The number of hydrogen-bond acceptors (Lipinski definition) is 3. The van der Waals surface area contributed by atoms with Crippen molar-refractivity contribution >= 4 is 33.0 Å². The van der Waals surface area contributed by atoms with Crippen molar-refractivity contribution in [2.75, 3.05) is 11.5 Å². The Balaban J connectivity index is 2.09. The van der Waals surface area contributed by atoms with Crippen molar-refractivity contribution in [3.05, 3.63) is 33.8 Å². The van der Waals surface area contributed by atoms with Crippen LogP contribution in [0.3, 0.4) is 0 Å². The third kappa shape index (κ3) is 3.18. The summed E-state index contributed by atoms with van der Waals surface area (Å²) in [6.07, 6.45) is 0.658. The lowest BCUT2D eigenvalue weighted by atomic mass is 10.1. The predicted octanol–water partition coefficient (Wildman–Crippen LogP) is 2.83. The van der Waals surface area contributed by atoms with Gasteiger partial charge in [0.05, 0.1) is 21.6 Å². The van der Waals surface area contributed by atoms with Crippen molar-refractivity contribution in [2.24, 2.45) is 0 Å². The lowest BCUT2D eigenvalue weighted by Gasteiger charge is -2.20. The first-order valence-corrected chi connectivity index (χ1v) is 8.37. The molecule has 0 saturated carbocycles. The second-order valence-electron chi connectivity index (χ2n) is 4.63. The van der Waals surface area contributed by atoms with Gasteiger partial charge >= 0.3 is 0 Å². The second-order valence-corrected chi connectivity index (χ2v) is 7.65. The summed E-state index contributed by atoms with van der Waals surface area (Å²) < 4.78 is 22.8. The molecular weight excluding hydrogens is 293 g/mol. The highest BCUT2D eigenvalue weighted by molar-refractivity contribution is 7.91. The van der Waals surface area contributed by atoms with Crippen molar-refractivity contribution in [1.82, 2.24) is 5.32 Å². The van der Waals surface area contributed by atoms with Crippen LogP contribution in [0.1, 0.15) is 24.9 Å². The zero-order chi connectivity index (χ0) is 13.3. The normalized spacial score (nSPS) is 24.1. The van der Waals surface area contributed by atoms with Gasteiger partial charge in [-0.15, -0.1) is 0 Å². The monoisotopic (exact) mass is 307 g/mol. The highest BCUT2D eigenvalue weighted by atomic mass is 35.5. The van der Waals surface area contributed by atoms with E-state index in [-0.39, 0.29) is 23.6 Å². The Morgan fingerprint density at radius 2 is 2.11 bits per heavy atom. The topological polar surface area (TPSA) is 46.2 Å². The summed E-state index contributed by atoms with van der Waals surface area (Å²) in [4.78, 5) is 0. The fraction of sp³-hybridized carbons (Fsp3) is 0.500. The van der Waals surface area contributed by atoms with E-state index in [4.69, 9.17) is 23.2 Å². The number of rotatable bonds is 3. The summed E-state index contributed by atoms with van der Waals surface area (Å²) in [6.45, 7) is 1.96. The molecule has 1 aromatic rings. The van der Waals surface area contributed by atoms with Gasteiger partial charge in [0.1, 0.15) is 0 Å². The molecule has 1 aliphatic heterocycles. The first kappa shape index (κ1) is 14.1. The lowest BCUT2D eigenvalue weighted by Crippen LogP contribution is -2.32. The molecule has 0 aliphatic carbocycles. The van der Waals surface area contributed by atoms with E-state index >= 15 is 0 Å². The molecule has 18 heavy (non-hydrogen) atoms. The molecule has 0 aromatic heterocycles. The van der Waals surface area contributed by atoms with Gasteiger partial charge in [0.2, 0.25) is 0 Å². The molecule has 0 radical (unpaired) electrons. The molecule has 0 spiro atoms. The minimum absolute atomic E-state index is 0.0000447.